The highest BCUT2D eigenvalue weighted by Crippen LogP contribution is 2.33. The number of carboxylic acids is 1. The van der Waals surface area contributed by atoms with E-state index in [1.165, 1.54) is 12.2 Å². The van der Waals surface area contributed by atoms with Crippen LogP contribution in [0.2, 0.25) is 0 Å². The standard InChI is InChI=1S/C10H16N2O3S.C4H3NO2.CH2N2/c13-8(14)4-2-1-3-7-9-6(5-16-7)11-10(15)12-9;6-3-1-2-4(7)5-3;1-2-3-1/h6-7,9H,1-5H2,(H,13,14)(H2,11,12,15);1-2H,(H,5,6,7);1H,(H,2,3)/t6-,7-,9-;;/m0../s1. The molecular formula is C15H21N5O5S. The number of nitrogens with zero attached hydrogens (tertiary/aromatic N) is 1. The number of carboxylic acid groups (broad SMARTS) is 1. The van der Waals surface area contributed by atoms with E-state index < -0.39 is 5.97 Å². The molecule has 0 aromatic rings. The molecule has 4 amide bonds. The normalized spacial score (nSPS) is 26.3. The molecule has 0 spiro atoms. The van der Waals surface area contributed by atoms with Crippen LogP contribution in [0, 0.1) is 0 Å². The van der Waals surface area contributed by atoms with Crippen LogP contribution in [0.1, 0.15) is 25.7 Å². The second-order valence-corrected chi connectivity index (χ2v) is 7.11. The summed E-state index contributed by atoms with van der Waals surface area (Å²) in [5.74, 6) is -0.421. The number of hydrazone groups is 1. The first-order valence-electron chi connectivity index (χ1n) is 8.16. The molecule has 142 valence electrons. The number of nitrogens with one attached hydrogen (secondary N) is 4. The van der Waals surface area contributed by atoms with Gasteiger partial charge in [0, 0.05) is 29.6 Å². The molecule has 0 radical (unpaired) electrons. The molecule has 11 heteroatoms. The van der Waals surface area contributed by atoms with E-state index in [1.54, 1.807) is 6.34 Å². The summed E-state index contributed by atoms with van der Waals surface area (Å²) in [4.78, 5) is 41.5. The van der Waals surface area contributed by atoms with Crippen molar-refractivity contribution in [1.29, 1.82) is 0 Å². The molecule has 0 aliphatic carbocycles. The minimum absolute atomic E-state index is 0.0640. The van der Waals surface area contributed by atoms with E-state index in [2.05, 4.69) is 21.2 Å². The van der Waals surface area contributed by atoms with Gasteiger partial charge in [0.2, 0.25) is 0 Å². The van der Waals surface area contributed by atoms with Gasteiger partial charge in [-0.3, -0.25) is 25.1 Å². The van der Waals surface area contributed by atoms with Crippen molar-refractivity contribution in [2.45, 2.75) is 43.0 Å². The zero-order chi connectivity index (χ0) is 18.9. The Hall–Kier alpha value is -2.56. The summed E-state index contributed by atoms with van der Waals surface area (Å²) in [5.41, 5.74) is 2.50. The summed E-state index contributed by atoms with van der Waals surface area (Å²) in [6.45, 7) is 0. The zero-order valence-corrected chi connectivity index (χ0v) is 14.8. The van der Waals surface area contributed by atoms with Crippen molar-refractivity contribution >= 4 is 41.9 Å². The van der Waals surface area contributed by atoms with E-state index in [1.807, 2.05) is 17.1 Å². The summed E-state index contributed by atoms with van der Waals surface area (Å²) in [6, 6.07) is 0.440. The third kappa shape index (κ3) is 7.13. The van der Waals surface area contributed by atoms with Crippen molar-refractivity contribution in [2.75, 3.05) is 5.75 Å². The Balaban J connectivity index is 0.000000198. The number of fused-ring (bicyclic) bond motifs is 1. The average Bonchev–Trinajstić information content (AvgIpc) is 3.26. The third-order valence-electron chi connectivity index (χ3n) is 3.83. The predicted octanol–water partition coefficient (Wildman–Crippen LogP) is -0.471. The molecular weight excluding hydrogens is 362 g/mol. The highest BCUT2D eigenvalue weighted by Gasteiger charge is 2.42. The SMILES string of the molecule is C1=NN1.O=C(O)CCCC[C@@H]1SC[C@@H]2NC(=O)N[C@@H]21.O=C1C=CC(=O)N1. The van der Waals surface area contributed by atoms with E-state index in [4.69, 9.17) is 5.11 Å². The van der Waals surface area contributed by atoms with Gasteiger partial charge in [0.1, 0.15) is 6.34 Å². The van der Waals surface area contributed by atoms with Gasteiger partial charge in [0.25, 0.3) is 11.8 Å². The summed E-state index contributed by atoms with van der Waals surface area (Å²) in [6.07, 6.45) is 6.90. The molecule has 5 N–H and O–H groups in total. The lowest BCUT2D eigenvalue weighted by atomic mass is 10.0. The van der Waals surface area contributed by atoms with E-state index in [0.29, 0.717) is 5.25 Å². The maximum absolute atomic E-state index is 11.1. The van der Waals surface area contributed by atoms with Gasteiger partial charge in [-0.1, -0.05) is 6.42 Å². The van der Waals surface area contributed by atoms with Crippen molar-refractivity contribution in [3.8, 4) is 0 Å². The molecule has 2 fully saturated rings. The van der Waals surface area contributed by atoms with Gasteiger partial charge < -0.3 is 15.7 Å². The number of carbonyl (C=O) groups excluding carboxylic acids is 3. The number of thioether (sulfide) groups is 1. The van der Waals surface area contributed by atoms with Crippen LogP contribution in [0.4, 0.5) is 4.79 Å². The summed E-state index contributed by atoms with van der Waals surface area (Å²) < 4.78 is 0. The number of amides is 4. The average molecular weight is 383 g/mol. The topological polar surface area (TPSA) is 159 Å². The van der Waals surface area contributed by atoms with Gasteiger partial charge in [-0.05, 0) is 12.8 Å². The molecule has 26 heavy (non-hydrogen) atoms. The van der Waals surface area contributed by atoms with Gasteiger partial charge in [-0.2, -0.15) is 16.9 Å². The number of urea groups is 1. The molecule has 0 saturated carbocycles. The number of aliphatic carboxylic acids is 1. The van der Waals surface area contributed by atoms with Crippen LogP contribution in [0.15, 0.2) is 17.3 Å². The molecule has 2 saturated heterocycles. The molecule has 10 nitrogen and oxygen atoms in total. The lowest BCUT2D eigenvalue weighted by Crippen LogP contribution is -2.36. The van der Waals surface area contributed by atoms with Crippen molar-refractivity contribution in [3.05, 3.63) is 12.2 Å². The summed E-state index contributed by atoms with van der Waals surface area (Å²) >= 11 is 1.87. The number of carbonyl (C=O) groups is 4. The van der Waals surface area contributed by atoms with Gasteiger partial charge in [0.15, 0.2) is 0 Å². The number of hydrogen-bond acceptors (Lipinski definition) is 7. The lowest BCUT2D eigenvalue weighted by molar-refractivity contribution is -0.137. The molecule has 4 rings (SSSR count). The Morgan fingerprint density at radius 2 is 1.85 bits per heavy atom. The van der Waals surface area contributed by atoms with E-state index >= 15 is 0 Å². The Morgan fingerprint density at radius 3 is 2.35 bits per heavy atom. The fraction of sp³-hybridized carbons (Fsp3) is 0.533. The molecule has 4 aliphatic heterocycles. The maximum Gasteiger partial charge on any atom is 0.315 e. The largest absolute Gasteiger partial charge is 0.481 e. The van der Waals surface area contributed by atoms with Crippen LogP contribution in [0.25, 0.3) is 0 Å². The van der Waals surface area contributed by atoms with E-state index in [-0.39, 0.29) is 36.3 Å². The summed E-state index contributed by atoms with van der Waals surface area (Å²) in [5, 5.41) is 20.2. The first-order chi connectivity index (χ1) is 12.5. The second-order valence-electron chi connectivity index (χ2n) is 5.84. The maximum atomic E-state index is 11.1. The van der Waals surface area contributed by atoms with Gasteiger partial charge in [-0.15, -0.1) is 0 Å². The van der Waals surface area contributed by atoms with Crippen LogP contribution < -0.4 is 21.4 Å². The van der Waals surface area contributed by atoms with Crippen molar-refractivity contribution in [1.82, 2.24) is 21.4 Å². The highest BCUT2D eigenvalue weighted by atomic mass is 32.2. The first kappa shape index (κ1) is 19.8. The molecule has 4 aliphatic rings. The van der Waals surface area contributed by atoms with Crippen LogP contribution in [0.3, 0.4) is 0 Å². The van der Waals surface area contributed by atoms with E-state index in [0.717, 1.165) is 25.0 Å². The molecule has 0 aromatic heterocycles. The Bertz CT molecular complexity index is 604. The predicted molar refractivity (Wildman–Crippen MR) is 95.5 cm³/mol. The van der Waals surface area contributed by atoms with Crippen molar-refractivity contribution in [3.63, 3.8) is 0 Å². The van der Waals surface area contributed by atoms with Crippen LogP contribution in [-0.2, 0) is 14.4 Å². The Labute approximate surface area is 154 Å². The zero-order valence-electron chi connectivity index (χ0n) is 13.9. The van der Waals surface area contributed by atoms with Gasteiger partial charge in [-0.25, -0.2) is 4.79 Å². The minimum Gasteiger partial charge on any atom is -0.481 e. The first-order valence-corrected chi connectivity index (χ1v) is 9.21. The van der Waals surface area contributed by atoms with E-state index in [9.17, 15) is 19.2 Å². The van der Waals surface area contributed by atoms with Gasteiger partial charge in [0.05, 0.1) is 12.1 Å². The Morgan fingerprint density at radius 1 is 1.19 bits per heavy atom. The smallest absolute Gasteiger partial charge is 0.315 e. The van der Waals surface area contributed by atoms with Crippen molar-refractivity contribution < 1.29 is 24.3 Å². The fourth-order valence-electron chi connectivity index (χ4n) is 2.62. The monoisotopic (exact) mass is 383 g/mol. The molecule has 0 aromatic carbocycles. The number of rotatable bonds is 5. The highest BCUT2D eigenvalue weighted by molar-refractivity contribution is 8.00. The molecule has 4 heterocycles. The number of imide groups is 1. The van der Waals surface area contributed by atoms with Crippen molar-refractivity contribution in [2.24, 2.45) is 5.10 Å². The van der Waals surface area contributed by atoms with Crippen LogP contribution in [0.5, 0.6) is 0 Å². The fourth-order valence-corrected chi connectivity index (χ4v) is 4.16. The minimum atomic E-state index is -0.729. The quantitative estimate of drug-likeness (QED) is 0.244. The molecule has 0 bridgehead atoms. The van der Waals surface area contributed by atoms with Gasteiger partial charge >= 0.3 is 12.0 Å². The Kier molecular flexibility index (Phi) is 7.45. The van der Waals surface area contributed by atoms with Crippen LogP contribution >= 0.6 is 11.8 Å². The summed E-state index contributed by atoms with van der Waals surface area (Å²) in [7, 11) is 0. The number of unbranched alkanes of at least 4 members (excludes halogenated alkanes) is 1. The third-order valence-corrected chi connectivity index (χ3v) is 5.34. The number of hydrogen-bond donors (Lipinski definition) is 5. The van der Waals surface area contributed by atoms with Crippen LogP contribution in [-0.4, -0.2) is 58.3 Å². The second kappa shape index (κ2) is 9.80. The molecule has 0 unspecified atom stereocenters. The lowest BCUT2D eigenvalue weighted by Gasteiger charge is -2.16. The molecule has 3 atom stereocenters.